The Labute approximate surface area is 340 Å². The monoisotopic (exact) mass is 799 g/mol. The van der Waals surface area contributed by atoms with Crippen molar-refractivity contribution >= 4 is 16.5 Å². The highest BCUT2D eigenvalue weighted by atomic mass is 32.1. The molecule has 0 bridgehead atoms. The van der Waals surface area contributed by atoms with Crippen LogP contribution in [0.4, 0.5) is 5.13 Å². The molecule has 1 aromatic rings. The Morgan fingerprint density at radius 2 is 1.04 bits per heavy atom. The minimum atomic E-state index is -1.44. The molecular weight excluding hydrogens is 713 g/mol. The first-order chi connectivity index (χ1) is 26.8. The van der Waals surface area contributed by atoms with Crippen LogP contribution in [0, 0.1) is 0 Å². The molecule has 9 nitrogen and oxygen atoms in total. The number of anilines is 1. The number of thiazole rings is 1. The lowest BCUT2D eigenvalue weighted by Crippen LogP contribution is -2.58. The Morgan fingerprint density at radius 1 is 0.600 bits per heavy atom. The molecule has 1 saturated heterocycles. The highest BCUT2D eigenvalue weighted by Crippen LogP contribution is 2.28. The van der Waals surface area contributed by atoms with Crippen molar-refractivity contribution in [2.75, 3.05) is 11.9 Å². The van der Waals surface area contributed by atoms with Crippen LogP contribution in [-0.4, -0.2) is 91.0 Å². The Hall–Kier alpha value is -0.850. The molecule has 0 radical (unpaired) electrons. The molecule has 3 unspecified atom stereocenters. The molecule has 0 amide bonds. The van der Waals surface area contributed by atoms with E-state index in [4.69, 9.17) is 9.72 Å². The summed E-state index contributed by atoms with van der Waals surface area (Å²) >= 11 is 1.50. The maximum absolute atomic E-state index is 11.4. The zero-order valence-electron chi connectivity index (χ0n) is 35.3. The minimum absolute atomic E-state index is 0.249. The second-order valence-electron chi connectivity index (χ2n) is 16.8. The smallest absolute Gasteiger partial charge is 0.183 e. The van der Waals surface area contributed by atoms with Crippen LogP contribution in [0.3, 0.4) is 0 Å². The number of hydrogen-bond acceptors (Lipinski definition) is 10. The summed E-state index contributed by atoms with van der Waals surface area (Å²) in [6.07, 6.45) is 28.9. The summed E-state index contributed by atoms with van der Waals surface area (Å²) in [5.41, 5.74) is 1.03. The molecule has 1 aliphatic rings. The zero-order valence-corrected chi connectivity index (χ0v) is 36.1. The molecular formula is C45H86N2O7S. The van der Waals surface area contributed by atoms with E-state index in [0.29, 0.717) is 18.0 Å². The third-order valence-electron chi connectivity index (χ3n) is 11.8. The first-order valence-corrected chi connectivity index (χ1v) is 24.1. The van der Waals surface area contributed by atoms with Crippen LogP contribution >= 0.6 is 11.3 Å². The molecule has 8 atom stereocenters. The number of aliphatic hydroxyl groups excluding tert-OH is 6. The Bertz CT molecular complexity index is 1000. The summed E-state index contributed by atoms with van der Waals surface area (Å²) in [6.45, 7) is 4.05. The van der Waals surface area contributed by atoms with Gasteiger partial charge in [-0.3, -0.25) is 0 Å². The summed E-state index contributed by atoms with van der Waals surface area (Å²) in [6, 6.07) is -0.565. The largest absolute Gasteiger partial charge is 0.394 e. The van der Waals surface area contributed by atoms with E-state index in [2.05, 4.69) is 24.5 Å². The molecule has 1 fully saturated rings. The molecule has 7 N–H and O–H groups in total. The Balaban J connectivity index is 1.75. The number of nitrogens with one attached hydrogen (secondary N) is 1. The molecule has 0 aromatic carbocycles. The topological polar surface area (TPSA) is 156 Å². The van der Waals surface area contributed by atoms with Gasteiger partial charge in [0.1, 0.15) is 24.4 Å². The van der Waals surface area contributed by atoms with Crippen LogP contribution in [-0.2, 0) is 11.2 Å². The number of rotatable bonds is 37. The lowest BCUT2D eigenvalue weighted by atomic mass is 9.90. The number of unbranched alkanes of at least 4 members (excludes halogenated alkanes) is 25. The first-order valence-electron chi connectivity index (χ1n) is 23.2. The van der Waals surface area contributed by atoms with Gasteiger partial charge in [0.05, 0.1) is 36.7 Å². The molecule has 0 aliphatic carbocycles. The van der Waals surface area contributed by atoms with Crippen molar-refractivity contribution in [3.8, 4) is 0 Å². The molecule has 10 heteroatoms. The molecule has 1 aliphatic heterocycles. The highest BCUT2D eigenvalue weighted by Gasteiger charge is 2.43. The summed E-state index contributed by atoms with van der Waals surface area (Å²) in [4.78, 5) is 4.82. The minimum Gasteiger partial charge on any atom is -0.394 e. The number of nitrogens with zero attached hydrogens (tertiary/aromatic N) is 1. The van der Waals surface area contributed by atoms with Crippen LogP contribution < -0.4 is 5.32 Å². The number of aromatic nitrogens is 1. The van der Waals surface area contributed by atoms with Crippen LogP contribution in [0.5, 0.6) is 0 Å². The van der Waals surface area contributed by atoms with Gasteiger partial charge in [0.2, 0.25) is 0 Å². The summed E-state index contributed by atoms with van der Waals surface area (Å²) in [7, 11) is 0. The predicted octanol–water partition coefficient (Wildman–Crippen LogP) is 9.77. The van der Waals surface area contributed by atoms with Crippen LogP contribution in [0.25, 0.3) is 0 Å². The first kappa shape index (κ1) is 50.3. The summed E-state index contributed by atoms with van der Waals surface area (Å²) in [5.74, 6) is 0. The van der Waals surface area contributed by atoms with Gasteiger partial charge in [0.15, 0.2) is 5.13 Å². The fourth-order valence-electron chi connectivity index (χ4n) is 8.05. The van der Waals surface area contributed by atoms with E-state index < -0.39 is 55.4 Å². The molecule has 0 saturated carbocycles. The van der Waals surface area contributed by atoms with E-state index >= 15 is 0 Å². The maximum Gasteiger partial charge on any atom is 0.183 e. The van der Waals surface area contributed by atoms with E-state index in [0.717, 1.165) is 37.8 Å². The van der Waals surface area contributed by atoms with Crippen LogP contribution in [0.15, 0.2) is 5.38 Å². The van der Waals surface area contributed by atoms with Gasteiger partial charge in [-0.15, -0.1) is 11.3 Å². The van der Waals surface area contributed by atoms with Crippen LogP contribution in [0.1, 0.15) is 212 Å². The van der Waals surface area contributed by atoms with Gasteiger partial charge in [-0.2, -0.15) is 0 Å². The Morgan fingerprint density at radius 3 is 1.51 bits per heavy atom. The maximum atomic E-state index is 11.4. The summed E-state index contributed by atoms with van der Waals surface area (Å²) in [5, 5.41) is 69.4. The van der Waals surface area contributed by atoms with Crippen LogP contribution in [0.2, 0.25) is 0 Å². The average Bonchev–Trinajstić information content (AvgIpc) is 3.64. The molecule has 1 aromatic heterocycles. The normalized spacial score (nSPS) is 21.9. The van der Waals surface area contributed by atoms with Gasteiger partial charge in [0.25, 0.3) is 0 Å². The van der Waals surface area contributed by atoms with E-state index in [9.17, 15) is 30.6 Å². The predicted molar refractivity (Wildman–Crippen MR) is 229 cm³/mol. The lowest BCUT2D eigenvalue weighted by molar-refractivity contribution is -0.230. The highest BCUT2D eigenvalue weighted by molar-refractivity contribution is 7.13. The standard InChI is InChI=1S/C45H86N2O7S/c1-3-5-7-9-11-13-15-17-18-19-20-22-24-26-28-30-36-35-55-45(46-36)47-37(32-33-39-42(51)44(53)43(52)40(34-48)54-39)41(50)38(49)31-29-27-25-23-21-16-14-12-10-8-6-4-2/h35,37-44,48-53H,3-34H2,1-2H3,(H,46,47)/t37?,38?,39-,40-,41?,42+,43+,44-/m1/s1. The quantitative estimate of drug-likeness (QED) is 0.0326. The fourth-order valence-corrected chi connectivity index (χ4v) is 8.85. The van der Waals surface area contributed by atoms with Crippen molar-refractivity contribution in [1.82, 2.24) is 4.98 Å². The van der Waals surface area contributed by atoms with E-state index in [1.807, 2.05) is 0 Å². The lowest BCUT2D eigenvalue weighted by Gasteiger charge is -2.40. The molecule has 2 rings (SSSR count). The van der Waals surface area contributed by atoms with E-state index in [-0.39, 0.29) is 6.42 Å². The second-order valence-corrected chi connectivity index (χ2v) is 17.6. The number of hydrogen-bond donors (Lipinski definition) is 7. The average molecular weight is 799 g/mol. The molecule has 0 spiro atoms. The summed E-state index contributed by atoms with van der Waals surface area (Å²) < 4.78 is 5.75. The zero-order chi connectivity index (χ0) is 39.9. The molecule has 2 heterocycles. The van der Waals surface area contributed by atoms with Crippen molar-refractivity contribution < 1.29 is 35.4 Å². The molecule has 324 valence electrons. The van der Waals surface area contributed by atoms with Gasteiger partial charge >= 0.3 is 0 Å². The number of aryl methyl sites for hydroxylation is 1. The van der Waals surface area contributed by atoms with Crippen molar-refractivity contribution in [2.45, 2.75) is 262 Å². The van der Waals surface area contributed by atoms with Gasteiger partial charge in [0, 0.05) is 5.38 Å². The molecule has 55 heavy (non-hydrogen) atoms. The van der Waals surface area contributed by atoms with Gasteiger partial charge in [-0.1, -0.05) is 181 Å². The number of aliphatic hydroxyl groups is 6. The third kappa shape index (κ3) is 22.8. The fraction of sp³-hybridized carbons (Fsp3) is 0.933. The van der Waals surface area contributed by atoms with Crippen molar-refractivity contribution in [3.63, 3.8) is 0 Å². The number of ether oxygens (including phenoxy) is 1. The third-order valence-corrected chi connectivity index (χ3v) is 12.6. The van der Waals surface area contributed by atoms with E-state index in [1.165, 1.54) is 159 Å². The second kappa shape index (κ2) is 33.0. The van der Waals surface area contributed by atoms with Gasteiger partial charge in [-0.25, -0.2) is 4.98 Å². The van der Waals surface area contributed by atoms with Crippen molar-refractivity contribution in [1.29, 1.82) is 0 Å². The van der Waals surface area contributed by atoms with Crippen molar-refractivity contribution in [3.05, 3.63) is 11.1 Å². The Kier molecular flexibility index (Phi) is 30.2. The SMILES string of the molecule is CCCCCCCCCCCCCCCCCc1csc(NC(CC[C@H]2O[C@H](CO)[C@H](O)[C@H](O)[C@H]2O)C(O)C(O)CCCCCCCCCCCCCC)n1. The van der Waals surface area contributed by atoms with Gasteiger partial charge in [-0.05, 0) is 32.1 Å². The van der Waals surface area contributed by atoms with Crippen molar-refractivity contribution in [2.24, 2.45) is 0 Å². The van der Waals surface area contributed by atoms with Gasteiger partial charge < -0.3 is 40.7 Å². The van der Waals surface area contributed by atoms with E-state index in [1.54, 1.807) is 0 Å².